The zero-order chi connectivity index (χ0) is 44.7. The van der Waals surface area contributed by atoms with E-state index in [9.17, 15) is 14.4 Å². The maximum Gasteiger partial charge on any atom is 0.343 e. The van der Waals surface area contributed by atoms with Gasteiger partial charge in [-0.1, -0.05) is 24.3 Å². The highest BCUT2D eigenvalue weighted by atomic mass is 16.5. The number of nitriles is 2. The summed E-state index contributed by atoms with van der Waals surface area (Å²) in [7, 11) is 0. The van der Waals surface area contributed by atoms with E-state index in [2.05, 4.69) is 12.1 Å². The zero-order valence-electron chi connectivity index (χ0n) is 34.5. The van der Waals surface area contributed by atoms with Crippen LogP contribution in [0.2, 0.25) is 0 Å². The van der Waals surface area contributed by atoms with E-state index in [4.69, 9.17) is 50.4 Å². The molecule has 322 valence electrons. The highest BCUT2D eigenvalue weighted by Gasteiger charge is 2.13. The molecule has 0 aliphatic rings. The number of nitrogen functional groups attached to an aromatic ring is 2. The van der Waals surface area contributed by atoms with Crippen molar-refractivity contribution in [2.75, 3.05) is 55.9 Å². The molecule has 63 heavy (non-hydrogen) atoms. The second kappa shape index (κ2) is 24.8. The maximum absolute atomic E-state index is 12.6. The van der Waals surface area contributed by atoms with Gasteiger partial charge >= 0.3 is 17.9 Å². The number of esters is 3. The molecular weight excluding hydrogens is 803 g/mol. The van der Waals surface area contributed by atoms with E-state index >= 15 is 0 Å². The minimum atomic E-state index is -0.575. The van der Waals surface area contributed by atoms with Crippen molar-refractivity contribution in [1.29, 1.82) is 10.5 Å². The maximum atomic E-state index is 12.6. The second-order valence-corrected chi connectivity index (χ2v) is 13.7. The lowest BCUT2D eigenvalue weighted by atomic mass is 10.2. The number of nitrogens with zero attached hydrogens (tertiary/aromatic N) is 3. The number of hydrogen-bond donors (Lipinski definition) is 2. The standard InChI is InChI=1S/C49H47N5O9/c50-27-1-3-31-58-40-18-11-38(12-19-40)49(57)63-44-16-7-37(8-17-44)10-26-48(56)61-34-30-54(46-24-13-39(52)35-45(46)53)29-33-60-47(55)25-9-36-5-14-42(15-6-36)62-43-22-20-41(21-23-43)59-32-4-2-28-51/h5-26,35H,1-4,29-34,52-53H2/b25-9+,26-10+. The number of ether oxygens (including phenoxy) is 6. The Labute approximate surface area is 366 Å². The van der Waals surface area contributed by atoms with Crippen molar-refractivity contribution in [2.45, 2.75) is 25.7 Å². The number of unbranched alkanes of at least 4 members (excludes halogenated alkanes) is 2. The molecule has 0 aromatic heterocycles. The quantitative estimate of drug-likeness (QED) is 0.0208. The molecule has 5 aromatic rings. The Kier molecular flexibility index (Phi) is 18.0. The van der Waals surface area contributed by atoms with Gasteiger partial charge in [0, 0.05) is 30.7 Å². The van der Waals surface area contributed by atoms with Gasteiger partial charge in [-0.05, 0) is 127 Å². The first-order chi connectivity index (χ1) is 30.7. The van der Waals surface area contributed by atoms with Gasteiger partial charge in [-0.15, -0.1) is 0 Å². The molecule has 0 radical (unpaired) electrons. The lowest BCUT2D eigenvalue weighted by Gasteiger charge is -2.26. The first-order valence-electron chi connectivity index (χ1n) is 20.1. The molecule has 0 heterocycles. The van der Waals surface area contributed by atoms with Crippen LogP contribution in [-0.2, 0) is 19.1 Å². The Morgan fingerprint density at radius 3 is 1.52 bits per heavy atom. The SMILES string of the molecule is N#CCCCOc1ccc(Oc2ccc(/C=C/C(=O)OCCN(CCOC(=O)/C=C/c3ccc(OC(=O)c4ccc(OCCCC#N)cc4)cc3)c3ccc(N)cc3N)cc2)cc1. The highest BCUT2D eigenvalue weighted by Crippen LogP contribution is 2.27. The summed E-state index contributed by atoms with van der Waals surface area (Å²) in [6.45, 7) is 1.41. The van der Waals surface area contributed by atoms with Crippen LogP contribution in [-0.4, -0.2) is 57.4 Å². The van der Waals surface area contributed by atoms with E-state index in [1.54, 1.807) is 115 Å². The Balaban J connectivity index is 1.04. The third kappa shape index (κ3) is 16.0. The van der Waals surface area contributed by atoms with Crippen molar-refractivity contribution in [3.63, 3.8) is 0 Å². The molecule has 14 heteroatoms. The third-order valence-electron chi connectivity index (χ3n) is 8.95. The van der Waals surface area contributed by atoms with E-state index in [1.807, 2.05) is 17.0 Å². The Bertz CT molecular complexity index is 2400. The van der Waals surface area contributed by atoms with Crippen LogP contribution in [0, 0.1) is 22.7 Å². The Hall–Kier alpha value is -8.23. The van der Waals surface area contributed by atoms with Crippen LogP contribution in [0.15, 0.2) is 127 Å². The fourth-order valence-electron chi connectivity index (χ4n) is 5.72. The molecule has 14 nitrogen and oxygen atoms in total. The lowest BCUT2D eigenvalue weighted by molar-refractivity contribution is -0.137. The predicted octanol–water partition coefficient (Wildman–Crippen LogP) is 8.55. The topological polar surface area (TPSA) is 209 Å². The smallest absolute Gasteiger partial charge is 0.343 e. The van der Waals surface area contributed by atoms with E-state index < -0.39 is 17.9 Å². The first-order valence-corrected chi connectivity index (χ1v) is 20.1. The van der Waals surface area contributed by atoms with Crippen molar-refractivity contribution in [1.82, 2.24) is 0 Å². The molecule has 0 spiro atoms. The molecule has 5 aromatic carbocycles. The average Bonchev–Trinajstić information content (AvgIpc) is 3.29. The minimum Gasteiger partial charge on any atom is -0.494 e. The predicted molar refractivity (Wildman–Crippen MR) is 239 cm³/mol. The van der Waals surface area contributed by atoms with Crippen molar-refractivity contribution in [2.24, 2.45) is 0 Å². The number of carbonyl (C=O) groups excluding carboxylic acids is 3. The van der Waals surface area contributed by atoms with Gasteiger partial charge in [0.1, 0.15) is 42.0 Å². The number of benzene rings is 5. The summed E-state index contributed by atoms with van der Waals surface area (Å²) < 4.78 is 33.5. The molecule has 0 unspecified atom stereocenters. The molecule has 0 bridgehead atoms. The molecule has 0 aliphatic heterocycles. The first kappa shape index (κ1) is 45.8. The van der Waals surface area contributed by atoms with Crippen molar-refractivity contribution in [3.8, 4) is 40.9 Å². The summed E-state index contributed by atoms with van der Waals surface area (Å²) in [5, 5.41) is 17.3. The summed E-state index contributed by atoms with van der Waals surface area (Å²) in [5.74, 6) is 1.21. The van der Waals surface area contributed by atoms with E-state index in [1.165, 1.54) is 12.2 Å². The van der Waals surface area contributed by atoms with E-state index in [0.29, 0.717) is 95.8 Å². The third-order valence-corrected chi connectivity index (χ3v) is 8.95. The summed E-state index contributed by atoms with van der Waals surface area (Å²) in [6.07, 6.45) is 7.98. The van der Waals surface area contributed by atoms with Crippen LogP contribution in [0.3, 0.4) is 0 Å². The molecule has 0 aliphatic carbocycles. The summed E-state index contributed by atoms with van der Waals surface area (Å²) in [5.41, 5.74) is 15.5. The van der Waals surface area contributed by atoms with E-state index in [0.717, 1.165) is 5.56 Å². The number of hydrogen-bond acceptors (Lipinski definition) is 14. The van der Waals surface area contributed by atoms with Crippen LogP contribution in [0.5, 0.6) is 28.7 Å². The van der Waals surface area contributed by atoms with Gasteiger partial charge < -0.3 is 44.8 Å². The van der Waals surface area contributed by atoms with Gasteiger partial charge in [0.05, 0.1) is 55.4 Å². The van der Waals surface area contributed by atoms with Crippen molar-refractivity contribution < 1.29 is 42.8 Å². The molecule has 5 rings (SSSR count). The largest absolute Gasteiger partial charge is 0.494 e. The van der Waals surface area contributed by atoms with Crippen LogP contribution in [0.1, 0.15) is 47.2 Å². The van der Waals surface area contributed by atoms with Crippen LogP contribution in [0.4, 0.5) is 17.1 Å². The van der Waals surface area contributed by atoms with E-state index in [-0.39, 0.29) is 26.3 Å². The van der Waals surface area contributed by atoms with Crippen LogP contribution >= 0.6 is 0 Å². The minimum absolute atomic E-state index is 0.00762. The zero-order valence-corrected chi connectivity index (χ0v) is 34.5. The Morgan fingerprint density at radius 1 is 0.571 bits per heavy atom. The normalized spacial score (nSPS) is 10.7. The number of carbonyl (C=O) groups is 3. The number of rotatable bonds is 23. The molecule has 0 saturated carbocycles. The average molecular weight is 850 g/mol. The van der Waals surface area contributed by atoms with Gasteiger partial charge in [-0.2, -0.15) is 10.5 Å². The number of nitrogens with two attached hydrogens (primary N) is 2. The number of anilines is 3. The monoisotopic (exact) mass is 849 g/mol. The fourth-order valence-corrected chi connectivity index (χ4v) is 5.72. The van der Waals surface area contributed by atoms with Gasteiger partial charge in [0.25, 0.3) is 0 Å². The highest BCUT2D eigenvalue weighted by molar-refractivity contribution is 5.91. The summed E-state index contributed by atoms with van der Waals surface area (Å²) in [4.78, 5) is 39.7. The summed E-state index contributed by atoms with van der Waals surface area (Å²) in [6, 6.07) is 36.8. The summed E-state index contributed by atoms with van der Waals surface area (Å²) >= 11 is 0. The van der Waals surface area contributed by atoms with Crippen molar-refractivity contribution >= 4 is 47.1 Å². The van der Waals surface area contributed by atoms with Gasteiger partial charge in [0.2, 0.25) is 0 Å². The molecule has 0 atom stereocenters. The molecule has 0 saturated heterocycles. The molecule has 4 N–H and O–H groups in total. The van der Waals surface area contributed by atoms with Crippen LogP contribution < -0.4 is 35.3 Å². The molecule has 0 amide bonds. The lowest BCUT2D eigenvalue weighted by Crippen LogP contribution is -2.32. The Morgan fingerprint density at radius 2 is 1.03 bits per heavy atom. The van der Waals surface area contributed by atoms with Gasteiger partial charge in [0.15, 0.2) is 0 Å². The fraction of sp³-hybridized carbons (Fsp3) is 0.204. The molecular formula is C49H47N5O9. The molecule has 0 fully saturated rings. The van der Waals surface area contributed by atoms with Gasteiger partial charge in [-0.3, -0.25) is 0 Å². The van der Waals surface area contributed by atoms with Crippen LogP contribution in [0.25, 0.3) is 12.2 Å². The van der Waals surface area contributed by atoms with Crippen molar-refractivity contribution in [3.05, 3.63) is 144 Å². The second-order valence-electron chi connectivity index (χ2n) is 13.7. The van der Waals surface area contributed by atoms with Gasteiger partial charge in [-0.25, -0.2) is 14.4 Å².